The lowest BCUT2D eigenvalue weighted by Gasteiger charge is -2.34. The van der Waals surface area contributed by atoms with Crippen molar-refractivity contribution in [2.45, 2.75) is 19.1 Å². The summed E-state index contributed by atoms with van der Waals surface area (Å²) in [5.74, 6) is -1.38. The van der Waals surface area contributed by atoms with E-state index in [-0.39, 0.29) is 18.8 Å². The normalized spacial score (nSPS) is 17.1. The lowest BCUT2D eigenvalue weighted by atomic mass is 10.1. The van der Waals surface area contributed by atoms with Crippen LogP contribution in [-0.4, -0.2) is 42.8 Å². The van der Waals surface area contributed by atoms with Crippen molar-refractivity contribution in [2.24, 2.45) is 5.73 Å². The number of aliphatic carboxylic acids is 1. The molecule has 0 aromatic carbocycles. The minimum Gasteiger partial charge on any atom is -0.480 e. The molecule has 0 saturated carbocycles. The molecule has 10 heteroatoms. The Bertz CT molecular complexity index is 810. The Labute approximate surface area is 123 Å². The number of primary amides is 1. The first kappa shape index (κ1) is 13.8. The third-order valence-corrected chi connectivity index (χ3v) is 3.49. The van der Waals surface area contributed by atoms with Gasteiger partial charge in [-0.3, -0.25) is 14.3 Å². The van der Waals surface area contributed by atoms with Crippen molar-refractivity contribution in [1.29, 1.82) is 0 Å². The highest BCUT2D eigenvalue weighted by Crippen LogP contribution is 2.23. The van der Waals surface area contributed by atoms with Crippen molar-refractivity contribution in [3.05, 3.63) is 40.3 Å². The van der Waals surface area contributed by atoms with Gasteiger partial charge in [-0.25, -0.2) is 14.7 Å². The van der Waals surface area contributed by atoms with Crippen LogP contribution in [0, 0.1) is 0 Å². The molecule has 0 fully saturated rings. The van der Waals surface area contributed by atoms with Gasteiger partial charge in [0.1, 0.15) is 11.7 Å². The monoisotopic (exact) mass is 304 g/mol. The Balaban J connectivity index is 2.04. The molecular formula is C12H12N6O4. The summed E-state index contributed by atoms with van der Waals surface area (Å²) in [6.07, 6.45) is 1.38. The number of fused-ring (bicyclic) bond motifs is 1. The SMILES string of the molecule is NC(=O)c1cc(N2Cc3n[nH]c(=O)n3CC2C(=O)O)ccn1. The molecule has 1 amide bonds. The van der Waals surface area contributed by atoms with Crippen molar-refractivity contribution in [3.8, 4) is 0 Å². The van der Waals surface area contributed by atoms with Gasteiger partial charge in [0.05, 0.1) is 13.1 Å². The topological polar surface area (TPSA) is 147 Å². The number of H-pyrrole nitrogens is 1. The number of carbonyl (C=O) groups is 2. The fraction of sp³-hybridized carbons (Fsp3) is 0.250. The second-order valence-electron chi connectivity index (χ2n) is 4.80. The summed E-state index contributed by atoms with van der Waals surface area (Å²) in [4.78, 5) is 39.7. The van der Waals surface area contributed by atoms with Crippen LogP contribution in [0.5, 0.6) is 0 Å². The van der Waals surface area contributed by atoms with E-state index in [4.69, 9.17) is 5.73 Å². The molecule has 1 atom stereocenters. The van der Waals surface area contributed by atoms with Crippen LogP contribution in [0.1, 0.15) is 16.3 Å². The lowest BCUT2D eigenvalue weighted by Crippen LogP contribution is -2.49. The van der Waals surface area contributed by atoms with E-state index in [0.29, 0.717) is 11.5 Å². The molecule has 1 aliphatic heterocycles. The number of nitrogens with zero attached hydrogens (tertiary/aromatic N) is 4. The Hall–Kier alpha value is -3.17. The summed E-state index contributed by atoms with van der Waals surface area (Å²) >= 11 is 0. The fourth-order valence-corrected chi connectivity index (χ4v) is 2.41. The number of rotatable bonds is 3. The van der Waals surface area contributed by atoms with Gasteiger partial charge in [-0.2, -0.15) is 5.10 Å². The van der Waals surface area contributed by atoms with E-state index >= 15 is 0 Å². The predicted octanol–water partition coefficient (Wildman–Crippen LogP) is -1.46. The van der Waals surface area contributed by atoms with Gasteiger partial charge < -0.3 is 15.7 Å². The van der Waals surface area contributed by atoms with Crippen LogP contribution >= 0.6 is 0 Å². The molecule has 114 valence electrons. The van der Waals surface area contributed by atoms with Crippen LogP contribution in [0.3, 0.4) is 0 Å². The first-order chi connectivity index (χ1) is 10.5. The number of carboxylic acid groups (broad SMARTS) is 1. The number of amides is 1. The largest absolute Gasteiger partial charge is 0.480 e. The zero-order valence-electron chi connectivity index (χ0n) is 11.3. The van der Waals surface area contributed by atoms with Crippen LogP contribution in [0.15, 0.2) is 23.1 Å². The second-order valence-corrected chi connectivity index (χ2v) is 4.80. The van der Waals surface area contributed by atoms with E-state index in [2.05, 4.69) is 15.2 Å². The molecule has 1 aliphatic rings. The summed E-state index contributed by atoms with van der Waals surface area (Å²) in [5.41, 5.74) is 5.24. The Kier molecular flexibility index (Phi) is 3.13. The van der Waals surface area contributed by atoms with Crippen LogP contribution < -0.4 is 16.3 Å². The third kappa shape index (κ3) is 2.20. The van der Waals surface area contributed by atoms with Gasteiger partial charge in [0, 0.05) is 11.9 Å². The van der Waals surface area contributed by atoms with Crippen molar-refractivity contribution < 1.29 is 14.7 Å². The quantitative estimate of drug-likeness (QED) is 0.627. The standard InChI is InChI=1S/C12H12N6O4/c13-10(19)7-3-6(1-2-14-7)17-5-9-15-16-12(22)18(9)4-8(17)11(20)21/h1-3,8H,4-5H2,(H2,13,19)(H,16,22)(H,20,21). The third-order valence-electron chi connectivity index (χ3n) is 3.49. The first-order valence-electron chi connectivity index (χ1n) is 6.36. The predicted molar refractivity (Wildman–Crippen MR) is 73.2 cm³/mol. The maximum atomic E-state index is 11.6. The molecule has 0 bridgehead atoms. The van der Waals surface area contributed by atoms with E-state index in [9.17, 15) is 19.5 Å². The molecule has 2 aromatic rings. The van der Waals surface area contributed by atoms with Gasteiger partial charge in [-0.15, -0.1) is 0 Å². The molecule has 10 nitrogen and oxygen atoms in total. The highest BCUT2D eigenvalue weighted by Gasteiger charge is 2.33. The molecule has 3 heterocycles. The van der Waals surface area contributed by atoms with Gasteiger partial charge in [-0.1, -0.05) is 0 Å². The Morgan fingerprint density at radius 1 is 1.45 bits per heavy atom. The number of hydrogen-bond acceptors (Lipinski definition) is 6. The average Bonchev–Trinajstić information content (AvgIpc) is 2.87. The minimum absolute atomic E-state index is 0.0339. The number of aromatic amines is 1. The van der Waals surface area contributed by atoms with E-state index in [0.717, 1.165) is 0 Å². The van der Waals surface area contributed by atoms with Crippen molar-refractivity contribution in [2.75, 3.05) is 4.90 Å². The Morgan fingerprint density at radius 3 is 2.91 bits per heavy atom. The maximum absolute atomic E-state index is 11.6. The highest BCUT2D eigenvalue weighted by molar-refractivity contribution is 5.92. The average molecular weight is 304 g/mol. The number of carboxylic acids is 1. The summed E-state index contributed by atoms with van der Waals surface area (Å²) in [6, 6.07) is 2.02. The Morgan fingerprint density at radius 2 is 2.23 bits per heavy atom. The number of hydrogen-bond donors (Lipinski definition) is 3. The second kappa shape index (κ2) is 4.98. The van der Waals surface area contributed by atoms with Crippen LogP contribution in [0.2, 0.25) is 0 Å². The number of pyridine rings is 1. The zero-order chi connectivity index (χ0) is 15.9. The molecule has 0 aliphatic carbocycles. The van der Waals surface area contributed by atoms with Gasteiger partial charge in [-0.05, 0) is 12.1 Å². The molecule has 22 heavy (non-hydrogen) atoms. The van der Waals surface area contributed by atoms with E-state index in [1.807, 2.05) is 0 Å². The number of aromatic nitrogens is 4. The summed E-state index contributed by atoms with van der Waals surface area (Å²) < 4.78 is 1.28. The molecule has 2 aromatic heterocycles. The van der Waals surface area contributed by atoms with Gasteiger partial charge in [0.2, 0.25) is 0 Å². The van der Waals surface area contributed by atoms with Crippen molar-refractivity contribution in [3.63, 3.8) is 0 Å². The zero-order valence-corrected chi connectivity index (χ0v) is 11.3. The van der Waals surface area contributed by atoms with Gasteiger partial charge >= 0.3 is 11.7 Å². The molecule has 4 N–H and O–H groups in total. The van der Waals surface area contributed by atoms with Crippen LogP contribution in [0.25, 0.3) is 0 Å². The van der Waals surface area contributed by atoms with Crippen molar-refractivity contribution >= 4 is 17.6 Å². The molecule has 0 spiro atoms. The maximum Gasteiger partial charge on any atom is 0.343 e. The molecule has 0 radical (unpaired) electrons. The number of nitrogens with one attached hydrogen (secondary N) is 1. The van der Waals surface area contributed by atoms with Gasteiger partial charge in [0.15, 0.2) is 5.82 Å². The van der Waals surface area contributed by atoms with Crippen LogP contribution in [0.4, 0.5) is 5.69 Å². The molecule has 0 saturated heterocycles. The smallest absolute Gasteiger partial charge is 0.343 e. The molecule has 3 rings (SSSR count). The van der Waals surface area contributed by atoms with Crippen molar-refractivity contribution in [1.82, 2.24) is 19.7 Å². The molecular weight excluding hydrogens is 292 g/mol. The summed E-state index contributed by atoms with van der Waals surface area (Å²) in [7, 11) is 0. The van der Waals surface area contributed by atoms with E-state index in [1.54, 1.807) is 6.07 Å². The summed E-state index contributed by atoms with van der Waals surface area (Å²) in [6.45, 7) is 0.0617. The van der Waals surface area contributed by atoms with Crippen LogP contribution in [-0.2, 0) is 17.9 Å². The van der Waals surface area contributed by atoms with E-state index in [1.165, 1.54) is 21.7 Å². The number of anilines is 1. The number of carbonyl (C=O) groups excluding carboxylic acids is 1. The minimum atomic E-state index is -1.09. The fourth-order valence-electron chi connectivity index (χ4n) is 2.41. The lowest BCUT2D eigenvalue weighted by molar-refractivity contribution is -0.139. The highest BCUT2D eigenvalue weighted by atomic mass is 16.4. The summed E-state index contributed by atoms with van der Waals surface area (Å²) in [5, 5.41) is 15.6. The molecule has 1 unspecified atom stereocenters. The first-order valence-corrected chi connectivity index (χ1v) is 6.36. The van der Waals surface area contributed by atoms with E-state index < -0.39 is 23.6 Å². The number of nitrogens with two attached hydrogens (primary N) is 1. The van der Waals surface area contributed by atoms with Gasteiger partial charge in [0.25, 0.3) is 5.91 Å².